The first kappa shape index (κ1) is 34.0. The number of ether oxygens (including phenoxy) is 2. The Hall–Kier alpha value is -6.85. The summed E-state index contributed by atoms with van der Waals surface area (Å²) in [6.45, 7) is 0. The van der Waals surface area contributed by atoms with E-state index in [0.717, 1.165) is 0 Å². The third-order valence-electron chi connectivity index (χ3n) is 7.76. The standard InChI is InChI=1S/C40H26O10S/c41-37(25-1-13-31(14-2-25)49-33-17-5-29(6-18-33)39(43)44)27-9-21-35(22-10-27)51(47,48)36-23-11-28(12-24-36)38(42)26-3-15-32(16-4-26)50-34-19-7-30(8-20-34)40(45)46/h1-24H,(H,43,44)(H,45,46). The van der Waals surface area contributed by atoms with Crippen LogP contribution in [0.25, 0.3) is 0 Å². The van der Waals surface area contributed by atoms with Crippen molar-refractivity contribution >= 4 is 33.3 Å². The van der Waals surface area contributed by atoms with Crippen molar-refractivity contribution in [3.63, 3.8) is 0 Å². The Labute approximate surface area is 291 Å². The van der Waals surface area contributed by atoms with Crippen LogP contribution in [-0.4, -0.2) is 42.1 Å². The number of carbonyl (C=O) groups excluding carboxylic acids is 2. The molecule has 6 rings (SSSR count). The zero-order valence-corrected chi connectivity index (χ0v) is 27.2. The molecular weight excluding hydrogens is 672 g/mol. The van der Waals surface area contributed by atoms with Gasteiger partial charge in [0.15, 0.2) is 11.6 Å². The number of ketones is 2. The first-order valence-electron chi connectivity index (χ1n) is 15.2. The lowest BCUT2D eigenvalue weighted by Crippen LogP contribution is -2.06. The number of carbonyl (C=O) groups is 4. The minimum atomic E-state index is -3.96. The second kappa shape index (κ2) is 14.3. The van der Waals surface area contributed by atoms with Gasteiger partial charge in [-0.2, -0.15) is 0 Å². The van der Waals surface area contributed by atoms with E-state index in [-0.39, 0.29) is 43.6 Å². The first-order valence-corrected chi connectivity index (χ1v) is 16.7. The molecule has 0 unspecified atom stereocenters. The van der Waals surface area contributed by atoms with Crippen LogP contribution in [0.2, 0.25) is 0 Å². The molecule has 11 heteroatoms. The highest BCUT2D eigenvalue weighted by Crippen LogP contribution is 2.27. The molecule has 2 N–H and O–H groups in total. The average molecular weight is 699 g/mol. The van der Waals surface area contributed by atoms with Gasteiger partial charge in [0.05, 0.1) is 20.9 Å². The van der Waals surface area contributed by atoms with E-state index in [1.54, 1.807) is 48.5 Å². The number of carboxylic acids is 2. The van der Waals surface area contributed by atoms with E-state index in [0.29, 0.717) is 34.1 Å². The number of hydrogen-bond donors (Lipinski definition) is 2. The molecule has 0 saturated heterocycles. The fraction of sp³-hybridized carbons (Fsp3) is 0. The molecule has 6 aromatic rings. The summed E-state index contributed by atoms with van der Waals surface area (Å²) in [5, 5.41) is 18.1. The molecule has 0 aliphatic heterocycles. The zero-order chi connectivity index (χ0) is 36.1. The summed E-state index contributed by atoms with van der Waals surface area (Å²) in [6.07, 6.45) is 0. The Bertz CT molecular complexity index is 2180. The first-order chi connectivity index (χ1) is 24.5. The second-order valence-corrected chi connectivity index (χ2v) is 13.1. The lowest BCUT2D eigenvalue weighted by Gasteiger charge is -2.09. The van der Waals surface area contributed by atoms with Gasteiger partial charge in [-0.1, -0.05) is 0 Å². The average Bonchev–Trinajstić information content (AvgIpc) is 3.15. The summed E-state index contributed by atoms with van der Waals surface area (Å²) in [5.41, 5.74) is 1.53. The van der Waals surface area contributed by atoms with E-state index in [9.17, 15) is 27.6 Å². The zero-order valence-electron chi connectivity index (χ0n) is 26.4. The van der Waals surface area contributed by atoms with Crippen LogP contribution in [0.15, 0.2) is 155 Å². The molecule has 252 valence electrons. The van der Waals surface area contributed by atoms with Crippen molar-refractivity contribution in [3.8, 4) is 23.0 Å². The third kappa shape index (κ3) is 7.74. The Morgan fingerprint density at radius 3 is 0.804 bits per heavy atom. The van der Waals surface area contributed by atoms with Crippen molar-refractivity contribution in [2.75, 3.05) is 0 Å². The molecule has 0 aliphatic carbocycles. The second-order valence-electron chi connectivity index (χ2n) is 11.1. The largest absolute Gasteiger partial charge is 0.478 e. The smallest absolute Gasteiger partial charge is 0.335 e. The van der Waals surface area contributed by atoms with Crippen LogP contribution in [-0.2, 0) is 9.84 Å². The molecule has 0 fully saturated rings. The number of rotatable bonds is 12. The maximum Gasteiger partial charge on any atom is 0.335 e. The summed E-state index contributed by atoms with van der Waals surface area (Å²) in [4.78, 5) is 48.2. The molecule has 0 aromatic heterocycles. The summed E-state index contributed by atoms with van der Waals surface area (Å²) < 4.78 is 38.1. The molecule has 51 heavy (non-hydrogen) atoms. The van der Waals surface area contributed by atoms with Crippen LogP contribution in [0, 0.1) is 0 Å². The van der Waals surface area contributed by atoms with Crippen molar-refractivity contribution in [2.45, 2.75) is 9.79 Å². The van der Waals surface area contributed by atoms with E-state index in [1.165, 1.54) is 97.1 Å². The minimum Gasteiger partial charge on any atom is -0.478 e. The van der Waals surface area contributed by atoms with Crippen LogP contribution in [0.3, 0.4) is 0 Å². The minimum absolute atomic E-state index is 0.0241. The lowest BCUT2D eigenvalue weighted by atomic mass is 10.0. The van der Waals surface area contributed by atoms with Crippen LogP contribution in [0.5, 0.6) is 23.0 Å². The van der Waals surface area contributed by atoms with Gasteiger partial charge in [0.2, 0.25) is 9.84 Å². The van der Waals surface area contributed by atoms with Gasteiger partial charge < -0.3 is 19.7 Å². The Morgan fingerprint density at radius 2 is 0.569 bits per heavy atom. The van der Waals surface area contributed by atoms with Gasteiger partial charge in [0.1, 0.15) is 23.0 Å². The number of hydrogen-bond acceptors (Lipinski definition) is 8. The molecule has 0 spiro atoms. The van der Waals surface area contributed by atoms with Crippen LogP contribution < -0.4 is 9.47 Å². The highest BCUT2D eigenvalue weighted by atomic mass is 32.2. The van der Waals surface area contributed by atoms with Crippen LogP contribution in [0.4, 0.5) is 0 Å². The summed E-state index contributed by atoms with van der Waals surface area (Å²) in [6, 6.07) is 35.6. The van der Waals surface area contributed by atoms with Crippen LogP contribution in [0.1, 0.15) is 52.6 Å². The van der Waals surface area contributed by atoms with Crippen molar-refractivity contribution in [2.24, 2.45) is 0 Å². The molecule has 0 radical (unpaired) electrons. The van der Waals surface area contributed by atoms with Gasteiger partial charge in [-0.05, 0) is 146 Å². The normalized spacial score (nSPS) is 11.0. The molecule has 0 saturated carbocycles. The Morgan fingerprint density at radius 1 is 0.353 bits per heavy atom. The Balaban J connectivity index is 1.08. The molecule has 0 atom stereocenters. The summed E-state index contributed by atoms with van der Waals surface area (Å²) in [7, 11) is -3.96. The van der Waals surface area contributed by atoms with E-state index >= 15 is 0 Å². The third-order valence-corrected chi connectivity index (χ3v) is 9.55. The summed E-state index contributed by atoms with van der Waals surface area (Å²) >= 11 is 0. The SMILES string of the molecule is O=C(O)c1ccc(Oc2ccc(C(=O)c3ccc(S(=O)(=O)c4ccc(C(=O)c5ccc(Oc6ccc(C(=O)O)cc6)cc5)cc4)cc3)cc2)cc1. The van der Waals surface area contributed by atoms with Gasteiger partial charge in [-0.3, -0.25) is 9.59 Å². The molecule has 10 nitrogen and oxygen atoms in total. The number of aromatic carboxylic acids is 2. The van der Waals surface area contributed by atoms with Crippen molar-refractivity contribution in [3.05, 3.63) is 179 Å². The van der Waals surface area contributed by atoms with Crippen LogP contribution >= 0.6 is 0 Å². The molecule has 0 heterocycles. The molecule has 0 bridgehead atoms. The van der Waals surface area contributed by atoms with E-state index in [4.69, 9.17) is 19.7 Å². The quantitative estimate of drug-likeness (QED) is 0.120. The molecule has 0 aliphatic rings. The van der Waals surface area contributed by atoms with Gasteiger partial charge in [0, 0.05) is 22.3 Å². The number of benzene rings is 6. The van der Waals surface area contributed by atoms with Gasteiger partial charge in [0.25, 0.3) is 0 Å². The fourth-order valence-corrected chi connectivity index (χ4v) is 6.25. The molecule has 0 amide bonds. The predicted molar refractivity (Wildman–Crippen MR) is 185 cm³/mol. The maximum atomic E-state index is 13.4. The predicted octanol–water partition coefficient (Wildman–Crippen LogP) is 7.96. The van der Waals surface area contributed by atoms with E-state index in [1.807, 2.05) is 0 Å². The lowest BCUT2D eigenvalue weighted by molar-refractivity contribution is 0.0686. The topological polar surface area (TPSA) is 161 Å². The van der Waals surface area contributed by atoms with Gasteiger partial charge in [-0.25, -0.2) is 18.0 Å². The molecule has 6 aromatic carbocycles. The fourth-order valence-electron chi connectivity index (χ4n) is 4.99. The van der Waals surface area contributed by atoms with Crippen molar-refractivity contribution in [1.82, 2.24) is 0 Å². The number of sulfone groups is 1. The monoisotopic (exact) mass is 698 g/mol. The van der Waals surface area contributed by atoms with Crippen molar-refractivity contribution in [1.29, 1.82) is 0 Å². The van der Waals surface area contributed by atoms with Gasteiger partial charge >= 0.3 is 11.9 Å². The highest BCUT2D eigenvalue weighted by Gasteiger charge is 2.20. The van der Waals surface area contributed by atoms with E-state index in [2.05, 4.69) is 0 Å². The summed E-state index contributed by atoms with van der Waals surface area (Å²) in [5.74, 6) is -1.00. The number of carboxylic acid groups (broad SMARTS) is 2. The highest BCUT2D eigenvalue weighted by molar-refractivity contribution is 7.91. The van der Waals surface area contributed by atoms with Gasteiger partial charge in [-0.15, -0.1) is 0 Å². The molecular formula is C40H26O10S. The maximum absolute atomic E-state index is 13.4. The Kier molecular flexibility index (Phi) is 9.56. The van der Waals surface area contributed by atoms with Crippen molar-refractivity contribution < 1.29 is 47.3 Å². The van der Waals surface area contributed by atoms with E-state index < -0.39 is 21.8 Å².